The molecule has 9 heteroatoms. The maximum absolute atomic E-state index is 13.7. The summed E-state index contributed by atoms with van der Waals surface area (Å²) in [5.74, 6) is -1.73. The molecule has 0 saturated carbocycles. The molecule has 0 bridgehead atoms. The van der Waals surface area contributed by atoms with Crippen molar-refractivity contribution < 1.29 is 23.5 Å². The second kappa shape index (κ2) is 11.5. The fourth-order valence-corrected chi connectivity index (χ4v) is 4.51. The molecule has 0 spiro atoms. The number of benzene rings is 2. The zero-order valence-electron chi connectivity index (χ0n) is 20.7. The molecule has 1 aliphatic rings. The van der Waals surface area contributed by atoms with Crippen molar-refractivity contribution in [1.29, 1.82) is 5.26 Å². The molecule has 2 heterocycles. The Morgan fingerprint density at radius 3 is 2.73 bits per heavy atom. The minimum absolute atomic E-state index is 0.0106. The highest BCUT2D eigenvalue weighted by atomic mass is 16.5. The van der Waals surface area contributed by atoms with E-state index in [0.29, 0.717) is 42.6 Å². The van der Waals surface area contributed by atoms with Gasteiger partial charge in [0.15, 0.2) is 0 Å². The molecule has 2 unspecified atom stereocenters. The number of nitrogens with zero attached hydrogens (tertiary/aromatic N) is 3. The molecule has 0 aliphatic carbocycles. The number of fused-ring (bicyclic) bond motifs is 1. The van der Waals surface area contributed by atoms with E-state index in [1.807, 2.05) is 43.3 Å². The molecule has 1 aromatic heterocycles. The average Bonchev–Trinajstić information content (AvgIpc) is 3.19. The molecule has 3 atom stereocenters. The van der Waals surface area contributed by atoms with Crippen LogP contribution in [0.2, 0.25) is 0 Å². The van der Waals surface area contributed by atoms with Crippen LogP contribution in [-0.2, 0) is 19.1 Å². The Hall–Kier alpha value is -4.45. The van der Waals surface area contributed by atoms with Gasteiger partial charge in [0.2, 0.25) is 11.8 Å². The number of nitrogens with one attached hydrogen (secondary N) is 1. The maximum atomic E-state index is 13.7. The fraction of sp³-hybridized carbons (Fsp3) is 0.321. The van der Waals surface area contributed by atoms with E-state index in [1.165, 1.54) is 12.0 Å². The van der Waals surface area contributed by atoms with Crippen LogP contribution in [-0.4, -0.2) is 48.6 Å². The van der Waals surface area contributed by atoms with E-state index in [0.717, 1.165) is 17.4 Å². The summed E-state index contributed by atoms with van der Waals surface area (Å²) in [6.07, 6.45) is 2.57. The number of carbonyl (C=O) groups is 3. The normalized spacial score (nSPS) is 18.0. The van der Waals surface area contributed by atoms with E-state index >= 15 is 0 Å². The van der Waals surface area contributed by atoms with Crippen LogP contribution in [0.25, 0.3) is 11.0 Å². The number of methoxy groups -OCH3 is 1. The van der Waals surface area contributed by atoms with Crippen molar-refractivity contribution in [3.63, 3.8) is 0 Å². The summed E-state index contributed by atoms with van der Waals surface area (Å²) in [4.78, 5) is 44.3. The molecule has 4 rings (SSSR count). The summed E-state index contributed by atoms with van der Waals surface area (Å²) in [6.45, 7) is 2.25. The van der Waals surface area contributed by atoms with Crippen molar-refractivity contribution in [1.82, 2.24) is 4.90 Å². The smallest absolute Gasteiger partial charge is 0.330 e. The first kappa shape index (κ1) is 25.6. The summed E-state index contributed by atoms with van der Waals surface area (Å²) < 4.78 is 10.5. The number of likely N-dealkylation sites (tertiary alicyclic amines) is 1. The Kier molecular flexibility index (Phi) is 7.98. The number of hydrogen-bond donors (Lipinski definition) is 1. The summed E-state index contributed by atoms with van der Waals surface area (Å²) in [7, 11) is 1.19. The van der Waals surface area contributed by atoms with Crippen molar-refractivity contribution in [2.24, 2.45) is 10.9 Å². The molecule has 1 amide bonds. The number of amidine groups is 1. The van der Waals surface area contributed by atoms with Gasteiger partial charge >= 0.3 is 5.97 Å². The van der Waals surface area contributed by atoms with Gasteiger partial charge in [0.1, 0.15) is 35.5 Å². The van der Waals surface area contributed by atoms with Gasteiger partial charge in [-0.25, -0.2) is 0 Å². The number of anilines is 1. The molecule has 1 aliphatic heterocycles. The molecule has 1 fully saturated rings. The van der Waals surface area contributed by atoms with Crippen LogP contribution in [0.1, 0.15) is 36.6 Å². The Morgan fingerprint density at radius 1 is 1.24 bits per heavy atom. The highest BCUT2D eigenvalue weighted by molar-refractivity contribution is 6.11. The number of nitriles is 1. The van der Waals surface area contributed by atoms with Gasteiger partial charge in [0, 0.05) is 17.6 Å². The standard InChI is InChI=1S/C28H28N4O5/c1-18-14-20-15-21(11-12-25(20)37-18)30-26(22(16-29)28(35)36-2)31-23-10-6-7-13-32(27(23)34)24(17-33)19-8-4-3-5-9-19/h3-5,8-9,11-12,14-15,17,22-24H,6-7,10,13H2,1-2H3,(H,30,31)/t22?,23-,24?/m0/s1. The highest BCUT2D eigenvalue weighted by Crippen LogP contribution is 2.27. The monoisotopic (exact) mass is 500 g/mol. The van der Waals surface area contributed by atoms with Crippen molar-refractivity contribution in [2.75, 3.05) is 19.0 Å². The topological polar surface area (TPSA) is 125 Å². The third kappa shape index (κ3) is 5.70. The third-order valence-corrected chi connectivity index (χ3v) is 6.35. The number of hydrogen-bond acceptors (Lipinski definition) is 7. The number of aryl methyl sites for hydroxylation is 1. The van der Waals surface area contributed by atoms with Crippen molar-refractivity contribution in [2.45, 2.75) is 38.3 Å². The summed E-state index contributed by atoms with van der Waals surface area (Å²) in [5.41, 5.74) is 1.98. The van der Waals surface area contributed by atoms with E-state index in [-0.39, 0.29) is 11.7 Å². The van der Waals surface area contributed by atoms with E-state index in [4.69, 9.17) is 9.15 Å². The van der Waals surface area contributed by atoms with E-state index in [1.54, 1.807) is 24.3 Å². The van der Waals surface area contributed by atoms with Gasteiger partial charge in [0.25, 0.3) is 0 Å². The van der Waals surface area contributed by atoms with Gasteiger partial charge in [-0.05, 0) is 56.0 Å². The number of carbonyl (C=O) groups excluding carboxylic acids is 3. The fourth-order valence-electron chi connectivity index (χ4n) is 4.51. The lowest BCUT2D eigenvalue weighted by atomic mass is 10.1. The van der Waals surface area contributed by atoms with Gasteiger partial charge in [-0.1, -0.05) is 30.3 Å². The Morgan fingerprint density at radius 2 is 2.03 bits per heavy atom. The molecule has 190 valence electrons. The summed E-state index contributed by atoms with van der Waals surface area (Å²) in [5, 5.41) is 13.7. The van der Waals surface area contributed by atoms with Gasteiger partial charge < -0.3 is 24.2 Å². The van der Waals surface area contributed by atoms with Crippen LogP contribution in [0.4, 0.5) is 5.69 Å². The van der Waals surface area contributed by atoms with Gasteiger partial charge in [-0.3, -0.25) is 14.6 Å². The van der Waals surface area contributed by atoms with Crippen molar-refractivity contribution >= 4 is 40.7 Å². The second-order valence-corrected chi connectivity index (χ2v) is 8.87. The zero-order valence-corrected chi connectivity index (χ0v) is 20.7. The summed E-state index contributed by atoms with van der Waals surface area (Å²) in [6, 6.07) is 16.6. The molecule has 2 aromatic carbocycles. The largest absolute Gasteiger partial charge is 0.468 e. The highest BCUT2D eigenvalue weighted by Gasteiger charge is 2.34. The molecule has 1 N–H and O–H groups in total. The van der Waals surface area contributed by atoms with Crippen LogP contribution in [0.3, 0.4) is 0 Å². The lowest BCUT2D eigenvalue weighted by Crippen LogP contribution is -2.41. The lowest BCUT2D eigenvalue weighted by Gasteiger charge is -2.29. The van der Waals surface area contributed by atoms with Gasteiger partial charge in [-0.15, -0.1) is 0 Å². The van der Waals surface area contributed by atoms with Gasteiger partial charge in [-0.2, -0.15) is 5.26 Å². The number of rotatable bonds is 7. The number of aliphatic imine (C=N–C) groups is 1. The van der Waals surface area contributed by atoms with E-state index in [9.17, 15) is 19.6 Å². The van der Waals surface area contributed by atoms with Crippen molar-refractivity contribution in [3.8, 4) is 6.07 Å². The predicted molar refractivity (Wildman–Crippen MR) is 138 cm³/mol. The molecule has 3 aromatic rings. The molecular formula is C28H28N4O5. The number of amides is 1. The Bertz CT molecular complexity index is 1360. The second-order valence-electron chi connectivity index (χ2n) is 8.87. The van der Waals surface area contributed by atoms with E-state index in [2.05, 4.69) is 10.3 Å². The zero-order chi connectivity index (χ0) is 26.4. The first-order valence-electron chi connectivity index (χ1n) is 12.1. The average molecular weight is 501 g/mol. The third-order valence-electron chi connectivity index (χ3n) is 6.35. The quantitative estimate of drug-likeness (QED) is 0.223. The van der Waals surface area contributed by atoms with Crippen LogP contribution in [0.15, 0.2) is 64.0 Å². The number of furan rings is 1. The molecular weight excluding hydrogens is 472 g/mol. The van der Waals surface area contributed by atoms with Crippen molar-refractivity contribution in [3.05, 3.63) is 65.9 Å². The number of esters is 1. The van der Waals surface area contributed by atoms with E-state index < -0.39 is 24.0 Å². The first-order valence-corrected chi connectivity index (χ1v) is 12.1. The van der Waals surface area contributed by atoms with Crippen LogP contribution in [0.5, 0.6) is 0 Å². The number of ether oxygens (including phenoxy) is 1. The Labute approximate surface area is 214 Å². The SMILES string of the molecule is COC(=O)C(C#N)C(=N[C@H]1CCCCN(C(C=O)c2ccccc2)C1=O)Nc1ccc2oc(C)cc2c1. The number of aldehydes is 1. The van der Waals surface area contributed by atoms with Crippen LogP contribution >= 0.6 is 0 Å². The lowest BCUT2D eigenvalue weighted by molar-refractivity contribution is -0.141. The molecule has 0 radical (unpaired) electrons. The summed E-state index contributed by atoms with van der Waals surface area (Å²) >= 11 is 0. The Balaban J connectivity index is 1.70. The molecule has 9 nitrogen and oxygen atoms in total. The van der Waals surface area contributed by atoms with Crippen LogP contribution < -0.4 is 5.32 Å². The minimum atomic E-state index is -1.37. The molecule has 1 saturated heterocycles. The molecule has 37 heavy (non-hydrogen) atoms. The maximum Gasteiger partial charge on any atom is 0.330 e. The van der Waals surface area contributed by atoms with Crippen LogP contribution in [0, 0.1) is 24.2 Å². The van der Waals surface area contributed by atoms with Gasteiger partial charge in [0.05, 0.1) is 13.2 Å². The predicted octanol–water partition coefficient (Wildman–Crippen LogP) is 4.19. The first-order chi connectivity index (χ1) is 17.9. The minimum Gasteiger partial charge on any atom is -0.468 e.